The number of nitrogens with one attached hydrogen (secondary N) is 2. The summed E-state index contributed by atoms with van der Waals surface area (Å²) in [5.74, 6) is -0.784. The first-order valence-electron chi connectivity index (χ1n) is 9.10. The largest absolute Gasteiger partial charge is 0.349 e. The van der Waals surface area contributed by atoms with Gasteiger partial charge in [0, 0.05) is 29.4 Å². The van der Waals surface area contributed by atoms with Crippen molar-refractivity contribution in [3.63, 3.8) is 0 Å². The highest BCUT2D eigenvalue weighted by Gasteiger charge is 2.19. The molecule has 0 unspecified atom stereocenters. The molecule has 28 heavy (non-hydrogen) atoms. The van der Waals surface area contributed by atoms with Gasteiger partial charge >= 0.3 is 0 Å². The van der Waals surface area contributed by atoms with Crippen LogP contribution in [0.5, 0.6) is 0 Å². The van der Waals surface area contributed by atoms with Gasteiger partial charge in [-0.1, -0.05) is 36.9 Å². The van der Waals surface area contributed by atoms with E-state index in [9.17, 15) is 19.7 Å². The predicted octanol–water partition coefficient (Wildman–Crippen LogP) is 4.56. The molecule has 2 aromatic rings. The number of hydrogen-bond donors (Lipinski definition) is 2. The molecular formula is C20H20ClN3O4. The van der Waals surface area contributed by atoms with Crippen LogP contribution in [0.4, 0.5) is 11.4 Å². The SMILES string of the molecule is O=C(Nc1ccc(Cl)c(C(=O)NC2CCCCC2)c1)c1cccc([N+](=O)[O-])c1. The lowest BCUT2D eigenvalue weighted by Gasteiger charge is -2.23. The number of halogens is 1. The van der Waals surface area contributed by atoms with E-state index < -0.39 is 10.8 Å². The van der Waals surface area contributed by atoms with Gasteiger partial charge in [0.1, 0.15) is 0 Å². The van der Waals surface area contributed by atoms with Crippen LogP contribution in [0.2, 0.25) is 5.02 Å². The number of amides is 2. The van der Waals surface area contributed by atoms with Crippen LogP contribution in [0, 0.1) is 10.1 Å². The van der Waals surface area contributed by atoms with E-state index in [-0.39, 0.29) is 28.8 Å². The van der Waals surface area contributed by atoms with Gasteiger partial charge in [0.25, 0.3) is 17.5 Å². The highest BCUT2D eigenvalue weighted by atomic mass is 35.5. The predicted molar refractivity (Wildman–Crippen MR) is 107 cm³/mol. The molecule has 8 heteroatoms. The zero-order chi connectivity index (χ0) is 20.1. The summed E-state index contributed by atoms with van der Waals surface area (Å²) < 4.78 is 0. The van der Waals surface area contributed by atoms with E-state index in [0.29, 0.717) is 10.7 Å². The van der Waals surface area contributed by atoms with Crippen molar-refractivity contribution in [2.24, 2.45) is 0 Å². The summed E-state index contributed by atoms with van der Waals surface area (Å²) in [5, 5.41) is 16.8. The van der Waals surface area contributed by atoms with Crippen LogP contribution in [0.25, 0.3) is 0 Å². The van der Waals surface area contributed by atoms with E-state index in [1.54, 1.807) is 12.1 Å². The van der Waals surface area contributed by atoms with Gasteiger partial charge in [-0.05, 0) is 37.1 Å². The van der Waals surface area contributed by atoms with Crippen LogP contribution in [-0.4, -0.2) is 22.8 Å². The number of anilines is 1. The number of benzene rings is 2. The summed E-state index contributed by atoms with van der Waals surface area (Å²) >= 11 is 6.17. The maximum absolute atomic E-state index is 12.6. The third kappa shape index (κ3) is 4.86. The molecule has 2 amide bonds. The Bertz CT molecular complexity index is 910. The number of rotatable bonds is 5. The van der Waals surface area contributed by atoms with Crippen LogP contribution >= 0.6 is 11.6 Å². The fourth-order valence-electron chi connectivity index (χ4n) is 3.25. The van der Waals surface area contributed by atoms with E-state index in [2.05, 4.69) is 10.6 Å². The molecule has 7 nitrogen and oxygen atoms in total. The molecule has 0 aliphatic heterocycles. The van der Waals surface area contributed by atoms with Gasteiger partial charge in [-0.15, -0.1) is 0 Å². The molecule has 1 saturated carbocycles. The van der Waals surface area contributed by atoms with Crippen molar-refractivity contribution in [3.05, 3.63) is 68.7 Å². The van der Waals surface area contributed by atoms with Crippen LogP contribution in [0.3, 0.4) is 0 Å². The van der Waals surface area contributed by atoms with Crippen LogP contribution in [0.15, 0.2) is 42.5 Å². The fraction of sp³-hybridized carbons (Fsp3) is 0.300. The van der Waals surface area contributed by atoms with E-state index in [4.69, 9.17) is 11.6 Å². The van der Waals surface area contributed by atoms with Crippen LogP contribution in [0.1, 0.15) is 52.8 Å². The molecule has 1 aliphatic rings. The molecule has 1 aliphatic carbocycles. The molecule has 0 radical (unpaired) electrons. The molecule has 0 aromatic heterocycles. The Balaban J connectivity index is 1.73. The molecule has 1 fully saturated rings. The lowest BCUT2D eigenvalue weighted by Crippen LogP contribution is -2.36. The van der Waals surface area contributed by atoms with Crippen molar-refractivity contribution in [3.8, 4) is 0 Å². The molecule has 0 heterocycles. The van der Waals surface area contributed by atoms with Gasteiger partial charge in [-0.3, -0.25) is 19.7 Å². The highest BCUT2D eigenvalue weighted by molar-refractivity contribution is 6.34. The van der Waals surface area contributed by atoms with E-state index >= 15 is 0 Å². The minimum atomic E-state index is -0.563. The normalized spacial score (nSPS) is 14.3. The van der Waals surface area contributed by atoms with Gasteiger partial charge in [0.05, 0.1) is 15.5 Å². The van der Waals surface area contributed by atoms with Crippen molar-refractivity contribution in [2.45, 2.75) is 38.1 Å². The second kappa shape index (κ2) is 8.84. The Hall–Kier alpha value is -2.93. The quantitative estimate of drug-likeness (QED) is 0.566. The lowest BCUT2D eigenvalue weighted by molar-refractivity contribution is -0.384. The number of non-ortho nitro benzene ring substituents is 1. The fourth-order valence-corrected chi connectivity index (χ4v) is 3.45. The van der Waals surface area contributed by atoms with Crippen LogP contribution in [-0.2, 0) is 0 Å². The summed E-state index contributed by atoms with van der Waals surface area (Å²) in [4.78, 5) is 35.3. The second-order valence-corrected chi connectivity index (χ2v) is 7.17. The zero-order valence-corrected chi connectivity index (χ0v) is 15.9. The van der Waals surface area contributed by atoms with Crippen LogP contribution < -0.4 is 10.6 Å². The summed E-state index contributed by atoms with van der Waals surface area (Å²) in [6, 6.07) is 10.2. The van der Waals surface area contributed by atoms with Crippen molar-refractivity contribution in [1.82, 2.24) is 5.32 Å². The standard InChI is InChI=1S/C20H20ClN3O4/c21-18-10-9-15(12-17(18)20(26)22-14-6-2-1-3-7-14)23-19(25)13-5-4-8-16(11-13)24(27)28/h4-5,8-12,14H,1-3,6-7H2,(H,22,26)(H,23,25). The van der Waals surface area contributed by atoms with E-state index in [1.165, 1.54) is 36.8 Å². The monoisotopic (exact) mass is 401 g/mol. The van der Waals surface area contributed by atoms with Crippen molar-refractivity contribution in [2.75, 3.05) is 5.32 Å². The average Bonchev–Trinajstić information content (AvgIpc) is 2.70. The summed E-state index contributed by atoms with van der Waals surface area (Å²) in [5.41, 5.74) is 0.646. The first-order valence-corrected chi connectivity index (χ1v) is 9.48. The number of carbonyl (C=O) groups excluding carboxylic acids is 2. The van der Waals surface area contributed by atoms with E-state index in [1.807, 2.05) is 0 Å². The van der Waals surface area contributed by atoms with Gasteiger partial charge in [-0.25, -0.2) is 0 Å². The molecule has 2 N–H and O–H groups in total. The van der Waals surface area contributed by atoms with Gasteiger partial charge in [0.2, 0.25) is 0 Å². The number of nitro groups is 1. The third-order valence-corrected chi connectivity index (χ3v) is 5.06. The summed E-state index contributed by atoms with van der Waals surface area (Å²) in [7, 11) is 0. The van der Waals surface area contributed by atoms with Crippen molar-refractivity contribution >= 4 is 34.8 Å². The number of carbonyl (C=O) groups is 2. The molecule has 0 spiro atoms. The first-order chi connectivity index (χ1) is 13.4. The molecule has 146 valence electrons. The number of nitro benzene ring substituents is 1. The second-order valence-electron chi connectivity index (χ2n) is 6.76. The Labute approximate surface area is 167 Å². The Morgan fingerprint density at radius 1 is 1.04 bits per heavy atom. The molecule has 3 rings (SSSR count). The molecule has 0 saturated heterocycles. The molecular weight excluding hydrogens is 382 g/mol. The maximum Gasteiger partial charge on any atom is 0.270 e. The minimum Gasteiger partial charge on any atom is -0.349 e. The zero-order valence-electron chi connectivity index (χ0n) is 15.1. The third-order valence-electron chi connectivity index (χ3n) is 4.73. The van der Waals surface area contributed by atoms with Crippen molar-refractivity contribution < 1.29 is 14.5 Å². The summed E-state index contributed by atoms with van der Waals surface area (Å²) in [6.07, 6.45) is 5.28. The number of hydrogen-bond acceptors (Lipinski definition) is 4. The molecule has 0 atom stereocenters. The van der Waals surface area contributed by atoms with Gasteiger partial charge in [0.15, 0.2) is 0 Å². The topological polar surface area (TPSA) is 101 Å². The highest BCUT2D eigenvalue weighted by Crippen LogP contribution is 2.23. The Kier molecular flexibility index (Phi) is 6.26. The van der Waals surface area contributed by atoms with Crippen molar-refractivity contribution in [1.29, 1.82) is 0 Å². The number of nitrogens with zero attached hydrogens (tertiary/aromatic N) is 1. The Morgan fingerprint density at radius 2 is 1.79 bits per heavy atom. The minimum absolute atomic E-state index is 0.139. The maximum atomic E-state index is 12.6. The van der Waals surface area contributed by atoms with Gasteiger partial charge < -0.3 is 10.6 Å². The average molecular weight is 402 g/mol. The lowest BCUT2D eigenvalue weighted by atomic mass is 9.95. The summed E-state index contributed by atoms with van der Waals surface area (Å²) in [6.45, 7) is 0. The smallest absolute Gasteiger partial charge is 0.270 e. The molecule has 2 aromatic carbocycles. The first kappa shape index (κ1) is 19.8. The molecule has 0 bridgehead atoms. The van der Waals surface area contributed by atoms with E-state index in [0.717, 1.165) is 25.7 Å². The Morgan fingerprint density at radius 3 is 2.50 bits per heavy atom. The van der Waals surface area contributed by atoms with Gasteiger partial charge in [-0.2, -0.15) is 0 Å².